The summed E-state index contributed by atoms with van der Waals surface area (Å²) >= 11 is 0. The van der Waals surface area contributed by atoms with Crippen molar-refractivity contribution in [1.29, 1.82) is 0 Å². The number of hydrogen-bond acceptors (Lipinski definition) is 4. The second-order valence-electron chi connectivity index (χ2n) is 6.01. The lowest BCUT2D eigenvalue weighted by atomic mass is 10.1. The molecule has 0 N–H and O–H groups in total. The highest BCUT2D eigenvalue weighted by Gasteiger charge is 2.26. The van der Waals surface area contributed by atoms with Gasteiger partial charge in [-0.05, 0) is 38.1 Å². The van der Waals surface area contributed by atoms with Crippen LogP contribution in [-0.4, -0.2) is 71.9 Å². The van der Waals surface area contributed by atoms with Crippen LogP contribution in [0.25, 0.3) is 0 Å². The van der Waals surface area contributed by atoms with Crippen molar-refractivity contribution in [3.05, 3.63) is 29.6 Å². The van der Waals surface area contributed by atoms with Crippen LogP contribution in [0.1, 0.15) is 18.1 Å². The lowest BCUT2D eigenvalue weighted by Gasteiger charge is -2.37. The standard InChI is InChI=1S/C16H26N4O/c1-13-11-17-6-5-15(13)12-19(4)16(21)14(2)20-9-7-18(3)8-10-20/h5-6,11,14H,7-10,12H2,1-4H3/t14-/m0/s1. The molecule has 0 aliphatic carbocycles. The minimum atomic E-state index is -0.0501. The van der Waals surface area contributed by atoms with Gasteiger partial charge < -0.3 is 9.80 Å². The van der Waals surface area contributed by atoms with Gasteiger partial charge in [-0.15, -0.1) is 0 Å². The fraction of sp³-hybridized carbons (Fsp3) is 0.625. The number of aromatic nitrogens is 1. The molecule has 1 atom stereocenters. The quantitative estimate of drug-likeness (QED) is 0.829. The van der Waals surface area contributed by atoms with E-state index in [-0.39, 0.29) is 11.9 Å². The number of aryl methyl sites for hydroxylation is 1. The number of likely N-dealkylation sites (N-methyl/N-ethyl adjacent to an activating group) is 2. The molecule has 1 aromatic rings. The Bertz CT molecular complexity index is 483. The largest absolute Gasteiger partial charge is 0.340 e. The number of amides is 1. The second-order valence-corrected chi connectivity index (χ2v) is 6.01. The SMILES string of the molecule is Cc1cnccc1CN(C)C(=O)[C@H](C)N1CCN(C)CC1. The molecule has 0 saturated carbocycles. The van der Waals surface area contributed by atoms with Gasteiger partial charge in [-0.1, -0.05) is 0 Å². The summed E-state index contributed by atoms with van der Waals surface area (Å²) in [4.78, 5) is 23.1. The van der Waals surface area contributed by atoms with E-state index in [1.165, 1.54) is 0 Å². The van der Waals surface area contributed by atoms with Crippen molar-refractivity contribution in [3.8, 4) is 0 Å². The summed E-state index contributed by atoms with van der Waals surface area (Å²) in [6, 6.07) is 1.94. The Balaban J connectivity index is 1.94. The van der Waals surface area contributed by atoms with Gasteiger partial charge in [0.25, 0.3) is 0 Å². The van der Waals surface area contributed by atoms with Crippen LogP contribution in [0.15, 0.2) is 18.5 Å². The van der Waals surface area contributed by atoms with E-state index in [2.05, 4.69) is 21.8 Å². The van der Waals surface area contributed by atoms with Crippen molar-refractivity contribution in [2.45, 2.75) is 26.4 Å². The number of rotatable bonds is 4. The lowest BCUT2D eigenvalue weighted by Crippen LogP contribution is -2.53. The molecule has 0 aromatic carbocycles. The first-order chi connectivity index (χ1) is 9.99. The van der Waals surface area contributed by atoms with Gasteiger partial charge in [-0.3, -0.25) is 14.7 Å². The normalized spacial score (nSPS) is 18.5. The molecule has 116 valence electrons. The van der Waals surface area contributed by atoms with Crippen LogP contribution in [0.5, 0.6) is 0 Å². The summed E-state index contributed by atoms with van der Waals surface area (Å²) < 4.78 is 0. The number of nitrogens with zero attached hydrogens (tertiary/aromatic N) is 4. The monoisotopic (exact) mass is 290 g/mol. The predicted octanol–water partition coefficient (Wildman–Crippen LogP) is 0.984. The van der Waals surface area contributed by atoms with Gasteiger partial charge in [0, 0.05) is 52.2 Å². The third-order valence-corrected chi connectivity index (χ3v) is 4.36. The Morgan fingerprint density at radius 1 is 1.38 bits per heavy atom. The van der Waals surface area contributed by atoms with E-state index in [1.54, 1.807) is 6.20 Å². The van der Waals surface area contributed by atoms with E-state index in [0.29, 0.717) is 6.54 Å². The molecular weight excluding hydrogens is 264 g/mol. The van der Waals surface area contributed by atoms with Gasteiger partial charge >= 0.3 is 0 Å². The minimum Gasteiger partial charge on any atom is -0.340 e. The molecule has 1 amide bonds. The predicted molar refractivity (Wildman–Crippen MR) is 84.0 cm³/mol. The van der Waals surface area contributed by atoms with E-state index < -0.39 is 0 Å². The van der Waals surface area contributed by atoms with Crippen molar-refractivity contribution in [3.63, 3.8) is 0 Å². The Morgan fingerprint density at radius 2 is 2.05 bits per heavy atom. The topological polar surface area (TPSA) is 39.7 Å². The molecule has 1 saturated heterocycles. The maximum atomic E-state index is 12.6. The van der Waals surface area contributed by atoms with E-state index in [9.17, 15) is 4.79 Å². The molecule has 2 rings (SSSR count). The Kier molecular flexibility index (Phi) is 5.31. The van der Waals surface area contributed by atoms with Gasteiger partial charge in [-0.25, -0.2) is 0 Å². The molecule has 5 heteroatoms. The molecular formula is C16H26N4O. The zero-order valence-corrected chi connectivity index (χ0v) is 13.5. The first kappa shape index (κ1) is 15.9. The molecule has 0 radical (unpaired) electrons. The highest BCUT2D eigenvalue weighted by Crippen LogP contribution is 2.12. The first-order valence-electron chi connectivity index (χ1n) is 7.56. The number of pyridine rings is 1. The van der Waals surface area contributed by atoms with E-state index in [1.807, 2.05) is 38.1 Å². The van der Waals surface area contributed by atoms with Crippen LogP contribution in [-0.2, 0) is 11.3 Å². The summed E-state index contributed by atoms with van der Waals surface area (Å²) in [5.41, 5.74) is 2.29. The molecule has 5 nitrogen and oxygen atoms in total. The van der Waals surface area contributed by atoms with E-state index >= 15 is 0 Å². The van der Waals surface area contributed by atoms with Gasteiger partial charge in [0.05, 0.1) is 6.04 Å². The van der Waals surface area contributed by atoms with Crippen molar-refractivity contribution in [1.82, 2.24) is 19.7 Å². The molecule has 21 heavy (non-hydrogen) atoms. The van der Waals surface area contributed by atoms with Crippen LogP contribution in [0.4, 0.5) is 0 Å². The number of carbonyl (C=O) groups excluding carboxylic acids is 1. The second kappa shape index (κ2) is 7.00. The smallest absolute Gasteiger partial charge is 0.239 e. The first-order valence-corrected chi connectivity index (χ1v) is 7.56. The molecule has 0 unspecified atom stereocenters. The summed E-state index contributed by atoms with van der Waals surface area (Å²) in [5.74, 6) is 0.191. The number of carbonyl (C=O) groups is 1. The van der Waals surface area contributed by atoms with Crippen LogP contribution in [0.3, 0.4) is 0 Å². The average Bonchev–Trinajstić information content (AvgIpc) is 2.49. The van der Waals surface area contributed by atoms with Crippen LogP contribution >= 0.6 is 0 Å². The lowest BCUT2D eigenvalue weighted by molar-refractivity contribution is -0.136. The van der Waals surface area contributed by atoms with Crippen molar-refractivity contribution in [2.75, 3.05) is 40.3 Å². The maximum absolute atomic E-state index is 12.6. The number of hydrogen-bond donors (Lipinski definition) is 0. The summed E-state index contributed by atoms with van der Waals surface area (Å²) in [6.07, 6.45) is 3.63. The van der Waals surface area contributed by atoms with Crippen LogP contribution in [0, 0.1) is 6.92 Å². The minimum absolute atomic E-state index is 0.0501. The van der Waals surface area contributed by atoms with E-state index in [0.717, 1.165) is 37.3 Å². The summed E-state index contributed by atoms with van der Waals surface area (Å²) in [5, 5.41) is 0. The van der Waals surface area contributed by atoms with Crippen LogP contribution in [0.2, 0.25) is 0 Å². The third kappa shape index (κ3) is 4.02. The zero-order chi connectivity index (χ0) is 15.4. The van der Waals surface area contributed by atoms with Crippen molar-refractivity contribution < 1.29 is 4.79 Å². The van der Waals surface area contributed by atoms with E-state index in [4.69, 9.17) is 0 Å². The van der Waals surface area contributed by atoms with Crippen molar-refractivity contribution >= 4 is 5.91 Å². The Labute approximate surface area is 127 Å². The zero-order valence-electron chi connectivity index (χ0n) is 13.5. The van der Waals surface area contributed by atoms with Gasteiger partial charge in [-0.2, -0.15) is 0 Å². The Morgan fingerprint density at radius 3 is 2.67 bits per heavy atom. The molecule has 1 aliphatic heterocycles. The van der Waals surface area contributed by atoms with Gasteiger partial charge in [0.2, 0.25) is 5.91 Å². The molecule has 0 spiro atoms. The molecule has 1 aliphatic rings. The highest BCUT2D eigenvalue weighted by atomic mass is 16.2. The summed E-state index contributed by atoms with van der Waals surface area (Å²) in [7, 11) is 4.01. The van der Waals surface area contributed by atoms with Gasteiger partial charge in [0.1, 0.15) is 0 Å². The fourth-order valence-corrected chi connectivity index (χ4v) is 2.70. The average molecular weight is 290 g/mol. The molecule has 1 fully saturated rings. The van der Waals surface area contributed by atoms with Crippen LogP contribution < -0.4 is 0 Å². The maximum Gasteiger partial charge on any atom is 0.239 e. The molecule has 1 aromatic heterocycles. The van der Waals surface area contributed by atoms with Gasteiger partial charge in [0.15, 0.2) is 0 Å². The summed E-state index contributed by atoms with van der Waals surface area (Å²) in [6.45, 7) is 8.69. The molecule has 0 bridgehead atoms. The fourth-order valence-electron chi connectivity index (χ4n) is 2.70. The number of piperazine rings is 1. The highest BCUT2D eigenvalue weighted by molar-refractivity contribution is 5.81. The van der Waals surface area contributed by atoms with Crippen molar-refractivity contribution in [2.24, 2.45) is 0 Å². The third-order valence-electron chi connectivity index (χ3n) is 4.36. The Hall–Kier alpha value is -1.46. The molecule has 2 heterocycles.